The fourth-order valence-electron chi connectivity index (χ4n) is 2.04. The van der Waals surface area contributed by atoms with Gasteiger partial charge in [0.15, 0.2) is 5.75 Å². The predicted octanol–water partition coefficient (Wildman–Crippen LogP) is 5.33. The number of benzene rings is 2. The van der Waals surface area contributed by atoms with Crippen LogP contribution in [0.5, 0.6) is 5.75 Å². The lowest BCUT2D eigenvalue weighted by molar-refractivity contribution is 0.296. The Kier molecular flexibility index (Phi) is 4.96. The highest BCUT2D eigenvalue weighted by Gasteiger charge is 2.11. The molecule has 8 heteroatoms. The van der Waals surface area contributed by atoms with Crippen LogP contribution >= 0.6 is 55.1 Å². The fourth-order valence-corrected chi connectivity index (χ4v) is 3.86. The fraction of sp³-hybridized carbons (Fsp3) is 0.0667. The number of para-hydroxylation sites is 1. The lowest BCUT2D eigenvalue weighted by atomic mass is 10.2. The van der Waals surface area contributed by atoms with E-state index >= 15 is 0 Å². The summed E-state index contributed by atoms with van der Waals surface area (Å²) in [6.45, 7) is 0.0388. The molecule has 0 radical (unpaired) electrons. The first kappa shape index (κ1) is 16.8. The summed E-state index contributed by atoms with van der Waals surface area (Å²) in [7, 11) is 0. The number of aromatic amines is 1. The highest BCUT2D eigenvalue weighted by Crippen LogP contribution is 2.33. The molecule has 0 spiro atoms. The average molecular weight is 479 g/mol. The van der Waals surface area contributed by atoms with Crippen molar-refractivity contribution in [2.24, 2.45) is 0 Å². The van der Waals surface area contributed by atoms with Gasteiger partial charge in [0.25, 0.3) is 5.56 Å². The van der Waals surface area contributed by atoms with E-state index in [-0.39, 0.29) is 12.2 Å². The molecule has 0 unspecified atom stereocenters. The summed E-state index contributed by atoms with van der Waals surface area (Å²) in [5.41, 5.74) is 0.307. The molecule has 3 aromatic rings. The van der Waals surface area contributed by atoms with Crippen LogP contribution in [0.1, 0.15) is 5.82 Å². The highest BCUT2D eigenvalue weighted by molar-refractivity contribution is 9.11. The van der Waals surface area contributed by atoms with Gasteiger partial charge in [0.2, 0.25) is 0 Å². The number of H-pyrrole nitrogens is 1. The first-order valence-corrected chi connectivity index (χ1v) is 8.74. The Balaban J connectivity index is 1.97. The third-order valence-electron chi connectivity index (χ3n) is 3.05. The Labute approximate surface area is 158 Å². The van der Waals surface area contributed by atoms with Crippen LogP contribution in [0, 0.1) is 0 Å². The quantitative estimate of drug-likeness (QED) is 0.553. The predicted molar refractivity (Wildman–Crippen MR) is 98.6 cm³/mol. The molecular formula is C15H8Br2Cl2N2O2. The van der Waals surface area contributed by atoms with Crippen molar-refractivity contribution >= 4 is 66.0 Å². The highest BCUT2D eigenvalue weighted by atomic mass is 79.9. The molecule has 0 saturated heterocycles. The van der Waals surface area contributed by atoms with Gasteiger partial charge < -0.3 is 9.72 Å². The lowest BCUT2D eigenvalue weighted by Crippen LogP contribution is -2.14. The second-order valence-electron chi connectivity index (χ2n) is 4.64. The SMILES string of the molecule is O=c1[nH]c(COc2c(Cl)cccc2Cl)nc2c(Br)cc(Br)cc12. The van der Waals surface area contributed by atoms with Crippen LogP contribution in [0.4, 0.5) is 0 Å². The van der Waals surface area contributed by atoms with Crippen molar-refractivity contribution in [1.29, 1.82) is 0 Å². The molecule has 0 atom stereocenters. The largest absolute Gasteiger partial charge is 0.483 e. The number of nitrogens with one attached hydrogen (secondary N) is 1. The molecule has 118 valence electrons. The number of rotatable bonds is 3. The van der Waals surface area contributed by atoms with Crippen molar-refractivity contribution in [3.8, 4) is 5.75 Å². The maximum Gasteiger partial charge on any atom is 0.258 e. The maximum atomic E-state index is 12.2. The van der Waals surface area contributed by atoms with E-state index in [0.717, 1.165) is 4.47 Å². The minimum absolute atomic E-state index is 0.0388. The Bertz CT molecular complexity index is 940. The summed E-state index contributed by atoms with van der Waals surface area (Å²) >= 11 is 18.9. The molecule has 0 aliphatic carbocycles. The van der Waals surface area contributed by atoms with E-state index < -0.39 is 0 Å². The van der Waals surface area contributed by atoms with Crippen LogP contribution in [0.25, 0.3) is 10.9 Å². The maximum absolute atomic E-state index is 12.2. The van der Waals surface area contributed by atoms with Crippen LogP contribution in [-0.4, -0.2) is 9.97 Å². The summed E-state index contributed by atoms with van der Waals surface area (Å²) in [6, 6.07) is 8.61. The van der Waals surface area contributed by atoms with Gasteiger partial charge in [-0.05, 0) is 40.2 Å². The minimum atomic E-state index is -0.249. The van der Waals surface area contributed by atoms with Crippen LogP contribution in [-0.2, 0) is 6.61 Å². The summed E-state index contributed by atoms with van der Waals surface area (Å²) < 4.78 is 7.10. The molecule has 1 heterocycles. The molecule has 2 aromatic carbocycles. The van der Waals surface area contributed by atoms with Crippen molar-refractivity contribution in [3.63, 3.8) is 0 Å². The number of nitrogens with zero attached hydrogens (tertiary/aromatic N) is 1. The van der Waals surface area contributed by atoms with Gasteiger partial charge in [-0.25, -0.2) is 4.98 Å². The number of hydrogen-bond acceptors (Lipinski definition) is 3. The summed E-state index contributed by atoms with van der Waals surface area (Å²) in [5, 5.41) is 1.27. The molecule has 0 saturated carbocycles. The second kappa shape index (κ2) is 6.81. The molecule has 3 rings (SSSR count). The third kappa shape index (κ3) is 3.55. The van der Waals surface area contributed by atoms with E-state index in [1.807, 2.05) is 6.07 Å². The molecule has 0 aliphatic rings. The van der Waals surface area contributed by atoms with E-state index in [2.05, 4.69) is 41.8 Å². The second-order valence-corrected chi connectivity index (χ2v) is 7.22. The van der Waals surface area contributed by atoms with Gasteiger partial charge in [-0.3, -0.25) is 4.79 Å². The van der Waals surface area contributed by atoms with E-state index in [1.54, 1.807) is 24.3 Å². The molecule has 4 nitrogen and oxygen atoms in total. The number of hydrogen-bond donors (Lipinski definition) is 1. The summed E-state index contributed by atoms with van der Waals surface area (Å²) in [5.74, 6) is 0.731. The first-order chi connectivity index (χ1) is 11.0. The van der Waals surface area contributed by atoms with Gasteiger partial charge in [0.05, 0.1) is 20.9 Å². The standard InChI is InChI=1S/C15H8Br2Cl2N2O2/c16-7-4-8-13(9(17)5-7)20-12(21-15(8)22)6-23-14-10(18)2-1-3-11(14)19/h1-5H,6H2,(H,20,21,22). The van der Waals surface area contributed by atoms with Crippen LogP contribution in [0.15, 0.2) is 44.1 Å². The van der Waals surface area contributed by atoms with Crippen LogP contribution in [0.3, 0.4) is 0 Å². The lowest BCUT2D eigenvalue weighted by Gasteiger charge is -2.10. The van der Waals surface area contributed by atoms with Gasteiger partial charge in [0, 0.05) is 8.95 Å². The van der Waals surface area contributed by atoms with E-state index in [9.17, 15) is 4.79 Å². The minimum Gasteiger partial charge on any atom is -0.483 e. The topological polar surface area (TPSA) is 55.0 Å². The third-order valence-corrected chi connectivity index (χ3v) is 4.71. The van der Waals surface area contributed by atoms with E-state index in [4.69, 9.17) is 27.9 Å². The van der Waals surface area contributed by atoms with Gasteiger partial charge in [-0.15, -0.1) is 0 Å². The van der Waals surface area contributed by atoms with Crippen molar-refractivity contribution in [2.45, 2.75) is 6.61 Å². The van der Waals surface area contributed by atoms with Crippen molar-refractivity contribution in [2.75, 3.05) is 0 Å². The molecule has 0 bridgehead atoms. The Morgan fingerprint density at radius 2 is 1.87 bits per heavy atom. The van der Waals surface area contributed by atoms with E-state index in [0.29, 0.717) is 37.0 Å². The molecule has 1 aromatic heterocycles. The first-order valence-electron chi connectivity index (χ1n) is 6.40. The van der Waals surface area contributed by atoms with Crippen molar-refractivity contribution in [1.82, 2.24) is 9.97 Å². The van der Waals surface area contributed by atoms with Gasteiger partial charge >= 0.3 is 0 Å². The zero-order valence-electron chi connectivity index (χ0n) is 11.4. The molecule has 1 N–H and O–H groups in total. The molecule has 0 amide bonds. The molecule has 0 aliphatic heterocycles. The molecule has 0 fully saturated rings. The van der Waals surface area contributed by atoms with Crippen LogP contribution in [0.2, 0.25) is 10.0 Å². The van der Waals surface area contributed by atoms with E-state index in [1.165, 1.54) is 0 Å². The number of halogens is 4. The Morgan fingerprint density at radius 1 is 1.17 bits per heavy atom. The summed E-state index contributed by atoms with van der Waals surface area (Å²) in [6.07, 6.45) is 0. The zero-order valence-corrected chi connectivity index (χ0v) is 16.1. The number of fused-ring (bicyclic) bond motifs is 1. The normalized spacial score (nSPS) is 11.0. The van der Waals surface area contributed by atoms with Gasteiger partial charge in [0.1, 0.15) is 12.4 Å². The number of ether oxygens (including phenoxy) is 1. The van der Waals surface area contributed by atoms with Gasteiger partial charge in [-0.2, -0.15) is 0 Å². The Morgan fingerprint density at radius 3 is 2.57 bits per heavy atom. The summed E-state index contributed by atoms with van der Waals surface area (Å²) in [4.78, 5) is 19.3. The van der Waals surface area contributed by atoms with Gasteiger partial charge in [-0.1, -0.05) is 45.2 Å². The number of aromatic nitrogens is 2. The monoisotopic (exact) mass is 476 g/mol. The average Bonchev–Trinajstić information content (AvgIpc) is 2.48. The van der Waals surface area contributed by atoms with Crippen LogP contribution < -0.4 is 10.3 Å². The Hall–Kier alpha value is -1.08. The molecule has 23 heavy (non-hydrogen) atoms. The molecular weight excluding hydrogens is 471 g/mol. The van der Waals surface area contributed by atoms with Crippen molar-refractivity contribution in [3.05, 3.63) is 65.5 Å². The van der Waals surface area contributed by atoms with Crippen molar-refractivity contribution < 1.29 is 4.74 Å². The smallest absolute Gasteiger partial charge is 0.258 e. The zero-order chi connectivity index (χ0) is 16.6.